The van der Waals surface area contributed by atoms with Crippen molar-refractivity contribution in [1.82, 2.24) is 5.43 Å². The first-order valence-electron chi connectivity index (χ1n) is 5.81. The molecule has 0 radical (unpaired) electrons. The number of hydrogen-bond donors (Lipinski definition) is 1. The van der Waals surface area contributed by atoms with Gasteiger partial charge in [-0.15, -0.1) is 0 Å². The van der Waals surface area contributed by atoms with Crippen molar-refractivity contribution < 1.29 is 14.1 Å². The van der Waals surface area contributed by atoms with Crippen molar-refractivity contribution in [2.75, 3.05) is 0 Å². The highest BCUT2D eigenvalue weighted by Crippen LogP contribution is 2.17. The molecule has 0 unspecified atom stereocenters. The minimum atomic E-state index is -0.665. The third-order valence-electron chi connectivity index (χ3n) is 2.52. The summed E-state index contributed by atoms with van der Waals surface area (Å²) < 4.78 is 4.85. The van der Waals surface area contributed by atoms with Crippen molar-refractivity contribution in [2.24, 2.45) is 5.10 Å². The zero-order chi connectivity index (χ0) is 15.4. The van der Waals surface area contributed by atoms with Crippen molar-refractivity contribution >= 4 is 29.6 Å². The van der Waals surface area contributed by atoms with E-state index in [1.54, 1.807) is 18.2 Å². The number of halogens is 1. The van der Waals surface area contributed by atoms with Crippen molar-refractivity contribution in [2.45, 2.75) is 6.92 Å². The van der Waals surface area contributed by atoms with Crippen molar-refractivity contribution in [3.8, 4) is 0 Å². The molecule has 8 heteroatoms. The molecule has 2 aromatic rings. The maximum absolute atomic E-state index is 11.8. The predicted molar refractivity (Wildman–Crippen MR) is 76.6 cm³/mol. The largest absolute Gasteiger partial charge is 0.433 e. The van der Waals surface area contributed by atoms with Gasteiger partial charge in [0.25, 0.3) is 5.91 Å². The summed E-state index contributed by atoms with van der Waals surface area (Å²) in [7, 11) is 0. The van der Waals surface area contributed by atoms with Gasteiger partial charge in [0.2, 0.25) is 0 Å². The van der Waals surface area contributed by atoms with E-state index in [4.69, 9.17) is 16.0 Å². The molecule has 7 nitrogen and oxygen atoms in total. The van der Waals surface area contributed by atoms with Crippen LogP contribution in [0.5, 0.6) is 0 Å². The maximum atomic E-state index is 11.8. The average molecular weight is 308 g/mol. The first-order valence-corrected chi connectivity index (χ1v) is 6.19. The van der Waals surface area contributed by atoms with E-state index in [0.717, 1.165) is 11.8 Å². The van der Waals surface area contributed by atoms with Gasteiger partial charge in [0, 0.05) is 0 Å². The molecule has 0 atom stereocenters. The third-order valence-corrected chi connectivity index (χ3v) is 2.83. The van der Waals surface area contributed by atoms with Crippen LogP contribution in [-0.2, 0) is 0 Å². The Bertz CT molecular complexity index is 724. The van der Waals surface area contributed by atoms with Gasteiger partial charge in [-0.05, 0) is 30.7 Å². The van der Waals surface area contributed by atoms with Crippen LogP contribution in [0.25, 0.3) is 0 Å². The molecule has 0 fully saturated rings. The highest BCUT2D eigenvalue weighted by molar-refractivity contribution is 6.33. The van der Waals surface area contributed by atoms with Crippen molar-refractivity contribution in [1.29, 1.82) is 0 Å². The van der Waals surface area contributed by atoms with Gasteiger partial charge >= 0.3 is 5.88 Å². The van der Waals surface area contributed by atoms with Crippen LogP contribution in [-0.4, -0.2) is 17.0 Å². The highest BCUT2D eigenvalue weighted by Gasteiger charge is 2.11. The minimum Gasteiger partial charge on any atom is -0.400 e. The lowest BCUT2D eigenvalue weighted by atomic mass is 10.1. The molecular weight excluding hydrogens is 298 g/mol. The SMILES string of the molecule is Cc1ccc(C(=O)N/N=C/c2ccc([N+](=O)[O-])o2)c(Cl)c1. The monoisotopic (exact) mass is 307 g/mol. The van der Waals surface area contributed by atoms with E-state index in [2.05, 4.69) is 10.5 Å². The van der Waals surface area contributed by atoms with Crippen LogP contribution in [0, 0.1) is 17.0 Å². The Balaban J connectivity index is 2.03. The average Bonchev–Trinajstić information content (AvgIpc) is 2.87. The molecule has 1 heterocycles. The number of nitrogens with zero attached hydrogens (tertiary/aromatic N) is 2. The number of benzene rings is 1. The number of nitro groups is 1. The van der Waals surface area contributed by atoms with E-state index in [-0.39, 0.29) is 11.3 Å². The molecule has 0 aliphatic heterocycles. The van der Waals surface area contributed by atoms with Gasteiger partial charge in [-0.1, -0.05) is 17.7 Å². The number of nitrogens with one attached hydrogen (secondary N) is 1. The van der Waals surface area contributed by atoms with E-state index in [1.165, 1.54) is 12.1 Å². The Hall–Kier alpha value is -2.67. The summed E-state index contributed by atoms with van der Waals surface area (Å²) >= 11 is 5.95. The molecule has 0 spiro atoms. The second-order valence-electron chi connectivity index (χ2n) is 4.12. The van der Waals surface area contributed by atoms with Crippen molar-refractivity contribution in [3.63, 3.8) is 0 Å². The first-order chi connectivity index (χ1) is 9.97. The molecule has 1 amide bonds. The van der Waals surface area contributed by atoms with Crippen LogP contribution in [0.4, 0.5) is 5.88 Å². The number of furan rings is 1. The van der Waals surface area contributed by atoms with E-state index in [9.17, 15) is 14.9 Å². The summed E-state index contributed by atoms with van der Waals surface area (Å²) in [5.74, 6) is -0.737. The summed E-state index contributed by atoms with van der Waals surface area (Å²) in [6.07, 6.45) is 1.16. The van der Waals surface area contributed by atoms with Crippen molar-refractivity contribution in [3.05, 3.63) is 62.4 Å². The molecule has 0 saturated carbocycles. The normalized spacial score (nSPS) is 10.8. The van der Waals surface area contributed by atoms with Crippen LogP contribution in [0.2, 0.25) is 5.02 Å². The molecule has 0 aliphatic carbocycles. The fourth-order valence-corrected chi connectivity index (χ4v) is 1.85. The first kappa shape index (κ1) is 14.7. The Kier molecular flexibility index (Phi) is 4.34. The summed E-state index contributed by atoms with van der Waals surface area (Å²) in [5, 5.41) is 14.4. The van der Waals surface area contributed by atoms with Crippen LogP contribution in [0.1, 0.15) is 21.7 Å². The fourth-order valence-electron chi connectivity index (χ4n) is 1.53. The fraction of sp³-hybridized carbons (Fsp3) is 0.0769. The van der Waals surface area contributed by atoms with Gasteiger partial charge in [-0.3, -0.25) is 14.9 Å². The Morgan fingerprint density at radius 3 is 2.81 bits per heavy atom. The lowest BCUT2D eigenvalue weighted by Gasteiger charge is -2.03. The van der Waals surface area contributed by atoms with E-state index < -0.39 is 16.7 Å². The number of rotatable bonds is 4. The van der Waals surface area contributed by atoms with Crippen LogP contribution < -0.4 is 5.43 Å². The molecule has 2 rings (SSSR count). The van der Waals surface area contributed by atoms with Crippen LogP contribution in [0.15, 0.2) is 39.9 Å². The predicted octanol–water partition coefficient (Wildman–Crippen LogP) is 2.91. The van der Waals surface area contributed by atoms with Gasteiger partial charge in [0.05, 0.1) is 22.9 Å². The molecule has 108 valence electrons. The molecule has 0 saturated heterocycles. The van der Waals surface area contributed by atoms with Gasteiger partial charge in [-0.25, -0.2) is 5.43 Å². The molecule has 21 heavy (non-hydrogen) atoms. The second-order valence-corrected chi connectivity index (χ2v) is 4.52. The number of aryl methyl sites for hydroxylation is 1. The van der Waals surface area contributed by atoms with E-state index in [1.807, 2.05) is 6.92 Å². The number of hydrazone groups is 1. The molecule has 0 aliphatic rings. The number of carbonyl (C=O) groups excluding carboxylic acids is 1. The number of hydrogen-bond acceptors (Lipinski definition) is 5. The van der Waals surface area contributed by atoms with Gasteiger partial charge in [0.15, 0.2) is 5.76 Å². The summed E-state index contributed by atoms with van der Waals surface area (Å²) in [4.78, 5) is 21.6. The minimum absolute atomic E-state index is 0.150. The summed E-state index contributed by atoms with van der Waals surface area (Å²) in [6, 6.07) is 7.56. The summed E-state index contributed by atoms with van der Waals surface area (Å²) in [6.45, 7) is 1.86. The maximum Gasteiger partial charge on any atom is 0.433 e. The van der Waals surface area contributed by atoms with Gasteiger partial charge < -0.3 is 4.42 Å². The molecule has 1 N–H and O–H groups in total. The quantitative estimate of drug-likeness (QED) is 0.533. The zero-order valence-corrected chi connectivity index (χ0v) is 11.6. The highest BCUT2D eigenvalue weighted by atomic mass is 35.5. The van der Waals surface area contributed by atoms with Crippen LogP contribution >= 0.6 is 11.6 Å². The lowest BCUT2D eigenvalue weighted by Crippen LogP contribution is -2.18. The number of carbonyl (C=O) groups is 1. The van der Waals surface area contributed by atoms with E-state index >= 15 is 0 Å². The molecular formula is C13H10ClN3O4. The lowest BCUT2D eigenvalue weighted by molar-refractivity contribution is -0.402. The molecule has 1 aromatic heterocycles. The zero-order valence-electron chi connectivity index (χ0n) is 10.9. The number of amides is 1. The van der Waals surface area contributed by atoms with Gasteiger partial charge in [-0.2, -0.15) is 5.10 Å². The topological polar surface area (TPSA) is 97.7 Å². The Labute approximate surface area is 124 Å². The van der Waals surface area contributed by atoms with E-state index in [0.29, 0.717) is 5.02 Å². The summed E-state index contributed by atoms with van der Waals surface area (Å²) in [5.41, 5.74) is 3.48. The standard InChI is InChI=1S/C13H10ClN3O4/c1-8-2-4-10(11(14)6-8)13(18)16-15-7-9-3-5-12(21-9)17(19)20/h2-7H,1H3,(H,16,18)/b15-7+. The second kappa shape index (κ2) is 6.19. The Morgan fingerprint density at radius 2 is 2.19 bits per heavy atom. The Morgan fingerprint density at radius 1 is 1.43 bits per heavy atom. The smallest absolute Gasteiger partial charge is 0.400 e. The van der Waals surface area contributed by atoms with Gasteiger partial charge in [0.1, 0.15) is 4.92 Å². The van der Waals surface area contributed by atoms with Crippen LogP contribution in [0.3, 0.4) is 0 Å². The molecule has 1 aromatic carbocycles. The third kappa shape index (κ3) is 3.67. The molecule has 0 bridgehead atoms.